The van der Waals surface area contributed by atoms with E-state index in [1.165, 1.54) is 0 Å². The highest BCUT2D eigenvalue weighted by atomic mass is 35.5. The van der Waals surface area contributed by atoms with Crippen molar-refractivity contribution in [1.82, 2.24) is 0 Å². The van der Waals surface area contributed by atoms with Crippen molar-refractivity contribution in [2.75, 3.05) is 13.2 Å². The molecule has 5 heteroatoms. The molecule has 0 amide bonds. The highest BCUT2D eigenvalue weighted by Crippen LogP contribution is 2.15. The van der Waals surface area contributed by atoms with E-state index in [2.05, 4.69) is 0 Å². The maximum absolute atomic E-state index is 11.7. The summed E-state index contributed by atoms with van der Waals surface area (Å²) in [6.07, 6.45) is 8.43. The van der Waals surface area contributed by atoms with E-state index < -0.39 is 0 Å². The molecule has 0 radical (unpaired) electrons. The number of halogens is 1. The van der Waals surface area contributed by atoms with E-state index in [1.807, 2.05) is 31.2 Å². The van der Waals surface area contributed by atoms with Crippen LogP contribution in [0.5, 0.6) is 0 Å². The summed E-state index contributed by atoms with van der Waals surface area (Å²) in [5.74, 6) is -0.234. The second kappa shape index (κ2) is 14.6. The van der Waals surface area contributed by atoms with E-state index in [0.717, 1.165) is 50.5 Å². The Balaban J connectivity index is 1.92. The number of rotatable bonds is 14. The van der Waals surface area contributed by atoms with Crippen LogP contribution >= 0.6 is 11.6 Å². The van der Waals surface area contributed by atoms with E-state index in [0.29, 0.717) is 37.5 Å². The molecule has 0 saturated heterocycles. The highest BCUT2D eigenvalue weighted by Gasteiger charge is 2.05. The zero-order valence-electron chi connectivity index (χ0n) is 15.8. The molecule has 0 heterocycles. The van der Waals surface area contributed by atoms with Crippen molar-refractivity contribution in [3.63, 3.8) is 0 Å². The minimum atomic E-state index is -0.143. The molecule has 4 nitrogen and oxygen atoms in total. The van der Waals surface area contributed by atoms with Crippen molar-refractivity contribution in [2.45, 2.75) is 71.1 Å². The van der Waals surface area contributed by atoms with Gasteiger partial charge < -0.3 is 9.47 Å². The largest absolute Gasteiger partial charge is 0.466 e. The molecular weight excluding hydrogens is 352 g/mol. The maximum Gasteiger partial charge on any atom is 0.305 e. The van der Waals surface area contributed by atoms with Crippen LogP contribution in [0.2, 0.25) is 5.02 Å². The van der Waals surface area contributed by atoms with Crippen molar-refractivity contribution in [3.05, 3.63) is 34.9 Å². The minimum absolute atomic E-state index is 0.0913. The Morgan fingerprint density at radius 3 is 1.96 bits per heavy atom. The van der Waals surface area contributed by atoms with Crippen molar-refractivity contribution in [3.8, 4) is 0 Å². The lowest BCUT2D eigenvalue weighted by Crippen LogP contribution is -2.07. The average molecular weight is 383 g/mol. The van der Waals surface area contributed by atoms with Gasteiger partial charge in [-0.2, -0.15) is 0 Å². The first kappa shape index (κ1) is 22.5. The third kappa shape index (κ3) is 11.1. The summed E-state index contributed by atoms with van der Waals surface area (Å²) in [7, 11) is 0. The van der Waals surface area contributed by atoms with E-state index in [-0.39, 0.29) is 11.9 Å². The van der Waals surface area contributed by atoms with Crippen LogP contribution in [-0.2, 0) is 25.5 Å². The molecule has 0 N–H and O–H groups in total. The minimum Gasteiger partial charge on any atom is -0.466 e. The van der Waals surface area contributed by atoms with Crippen LogP contribution in [0, 0.1) is 0 Å². The van der Waals surface area contributed by atoms with Gasteiger partial charge in [0.25, 0.3) is 0 Å². The molecule has 0 spiro atoms. The highest BCUT2D eigenvalue weighted by molar-refractivity contribution is 6.31. The number of carbonyl (C=O) groups excluding carboxylic acids is 2. The molecule has 1 rings (SSSR count). The topological polar surface area (TPSA) is 52.6 Å². The van der Waals surface area contributed by atoms with Gasteiger partial charge in [-0.3, -0.25) is 9.59 Å². The SMILES string of the molecule is CCCOC(=O)CCCCCCCCC(=O)OCCc1ccccc1Cl. The van der Waals surface area contributed by atoms with Crippen molar-refractivity contribution >= 4 is 23.5 Å². The first-order valence-corrected chi connectivity index (χ1v) is 10.1. The summed E-state index contributed by atoms with van der Waals surface area (Å²) >= 11 is 6.07. The fraction of sp³-hybridized carbons (Fsp3) is 0.619. The number of unbranched alkanes of at least 4 members (excludes halogenated alkanes) is 5. The van der Waals surface area contributed by atoms with Gasteiger partial charge in [-0.25, -0.2) is 0 Å². The van der Waals surface area contributed by atoms with Crippen LogP contribution < -0.4 is 0 Å². The van der Waals surface area contributed by atoms with Gasteiger partial charge in [-0.15, -0.1) is 0 Å². The van der Waals surface area contributed by atoms with Gasteiger partial charge >= 0.3 is 11.9 Å². The third-order valence-corrected chi connectivity index (χ3v) is 4.44. The molecule has 0 saturated carbocycles. The molecule has 0 unspecified atom stereocenters. The van der Waals surface area contributed by atoms with Crippen LogP contribution in [0.1, 0.15) is 70.3 Å². The molecule has 0 aliphatic carbocycles. The summed E-state index contributed by atoms with van der Waals surface area (Å²) in [5, 5.41) is 0.710. The Hall–Kier alpha value is -1.55. The number of ether oxygens (including phenoxy) is 2. The molecule has 1 aromatic carbocycles. The molecule has 0 aliphatic rings. The monoisotopic (exact) mass is 382 g/mol. The zero-order valence-corrected chi connectivity index (χ0v) is 16.6. The van der Waals surface area contributed by atoms with Gasteiger partial charge in [-0.05, 0) is 30.9 Å². The molecule has 0 fully saturated rings. The van der Waals surface area contributed by atoms with Gasteiger partial charge in [0.05, 0.1) is 13.2 Å². The van der Waals surface area contributed by atoms with Crippen LogP contribution in [0.25, 0.3) is 0 Å². The lowest BCUT2D eigenvalue weighted by atomic mass is 10.1. The second-order valence-electron chi connectivity index (χ2n) is 6.40. The van der Waals surface area contributed by atoms with E-state index in [9.17, 15) is 9.59 Å². The Labute approximate surface area is 162 Å². The van der Waals surface area contributed by atoms with Crippen molar-refractivity contribution in [1.29, 1.82) is 0 Å². The molecule has 0 aromatic heterocycles. The van der Waals surface area contributed by atoms with Gasteiger partial charge in [0, 0.05) is 24.3 Å². The molecule has 0 atom stereocenters. The van der Waals surface area contributed by atoms with E-state index in [4.69, 9.17) is 21.1 Å². The fourth-order valence-corrected chi connectivity index (χ4v) is 2.81. The Bertz CT molecular complexity index is 530. The van der Waals surface area contributed by atoms with Crippen LogP contribution in [-0.4, -0.2) is 25.2 Å². The summed E-state index contributed by atoms with van der Waals surface area (Å²) in [4.78, 5) is 23.0. The van der Waals surface area contributed by atoms with Crippen LogP contribution in [0.3, 0.4) is 0 Å². The lowest BCUT2D eigenvalue weighted by molar-refractivity contribution is -0.144. The predicted molar refractivity (Wildman–Crippen MR) is 104 cm³/mol. The molecule has 26 heavy (non-hydrogen) atoms. The first-order chi connectivity index (χ1) is 12.6. The molecule has 0 bridgehead atoms. The third-order valence-electron chi connectivity index (χ3n) is 4.07. The van der Waals surface area contributed by atoms with Gasteiger partial charge in [0.15, 0.2) is 0 Å². The average Bonchev–Trinajstić information content (AvgIpc) is 2.63. The summed E-state index contributed by atoms with van der Waals surface area (Å²) in [6, 6.07) is 7.60. The number of carbonyl (C=O) groups is 2. The Morgan fingerprint density at radius 1 is 0.846 bits per heavy atom. The summed E-state index contributed by atoms with van der Waals surface area (Å²) in [6.45, 7) is 2.88. The predicted octanol–water partition coefficient (Wildman–Crippen LogP) is 5.50. The van der Waals surface area contributed by atoms with Crippen molar-refractivity contribution in [2.24, 2.45) is 0 Å². The lowest BCUT2D eigenvalue weighted by Gasteiger charge is -2.06. The smallest absolute Gasteiger partial charge is 0.305 e. The van der Waals surface area contributed by atoms with Crippen LogP contribution in [0.15, 0.2) is 24.3 Å². The molecule has 1 aromatic rings. The fourth-order valence-electron chi connectivity index (χ4n) is 2.58. The quantitative estimate of drug-likeness (QED) is 0.315. The van der Waals surface area contributed by atoms with Gasteiger partial charge in [0.1, 0.15) is 0 Å². The Kier molecular flexibility index (Phi) is 12.6. The molecule has 146 valence electrons. The van der Waals surface area contributed by atoms with Crippen LogP contribution in [0.4, 0.5) is 0 Å². The van der Waals surface area contributed by atoms with E-state index in [1.54, 1.807) is 0 Å². The summed E-state index contributed by atoms with van der Waals surface area (Å²) < 4.78 is 10.3. The van der Waals surface area contributed by atoms with E-state index >= 15 is 0 Å². The molecule has 0 aliphatic heterocycles. The number of esters is 2. The normalized spacial score (nSPS) is 10.5. The number of hydrogen-bond donors (Lipinski definition) is 0. The second-order valence-corrected chi connectivity index (χ2v) is 6.81. The number of benzene rings is 1. The number of hydrogen-bond acceptors (Lipinski definition) is 4. The molecular formula is C21H31ClO4. The van der Waals surface area contributed by atoms with Gasteiger partial charge in [-0.1, -0.05) is 62.4 Å². The maximum atomic E-state index is 11.7. The van der Waals surface area contributed by atoms with Crippen molar-refractivity contribution < 1.29 is 19.1 Å². The van der Waals surface area contributed by atoms with Gasteiger partial charge in [0.2, 0.25) is 0 Å². The Morgan fingerprint density at radius 2 is 1.38 bits per heavy atom. The standard InChI is InChI=1S/C21H31ClO4/c1-2-16-25-20(23)13-7-5-3-4-6-8-14-21(24)26-17-15-18-11-9-10-12-19(18)22/h9-12H,2-8,13-17H2,1H3. The first-order valence-electron chi connectivity index (χ1n) is 9.68. The summed E-state index contributed by atoms with van der Waals surface area (Å²) in [5.41, 5.74) is 1.00. The zero-order chi connectivity index (χ0) is 19.0.